The molecule has 21 heavy (non-hydrogen) atoms. The molecule has 0 fully saturated rings. The first-order valence-corrected chi connectivity index (χ1v) is 7.55. The van der Waals surface area contributed by atoms with Gasteiger partial charge < -0.3 is 14.9 Å². The number of hydrogen-bond donors (Lipinski definition) is 1. The largest absolute Gasteiger partial charge is 0.476 e. The average Bonchev–Trinajstić information content (AvgIpc) is 2.98. The van der Waals surface area contributed by atoms with Crippen LogP contribution in [0.1, 0.15) is 24.3 Å². The van der Waals surface area contributed by atoms with E-state index in [1.54, 1.807) is 28.4 Å². The molecule has 0 aliphatic carbocycles. The van der Waals surface area contributed by atoms with E-state index in [1.807, 2.05) is 13.8 Å². The molecule has 0 radical (unpaired) electrons. The van der Waals surface area contributed by atoms with Crippen molar-refractivity contribution in [3.8, 4) is 0 Å². The molecular weight excluding hydrogens is 292 g/mol. The average molecular weight is 310 g/mol. The normalized spacial score (nSPS) is 10.8. The molecule has 2 aromatic heterocycles. The minimum Gasteiger partial charge on any atom is -0.476 e. The highest BCUT2D eigenvalue weighted by molar-refractivity contribution is 7.15. The molecule has 2 rings (SSSR count). The fourth-order valence-electron chi connectivity index (χ4n) is 2.19. The molecule has 1 N–H and O–H groups in total. The van der Waals surface area contributed by atoms with Gasteiger partial charge in [0.25, 0.3) is 0 Å². The van der Waals surface area contributed by atoms with Crippen LogP contribution in [0.3, 0.4) is 0 Å². The molecule has 0 bridgehead atoms. The third-order valence-corrected chi connectivity index (χ3v) is 4.05. The first kappa shape index (κ1) is 15.3. The second kappa shape index (κ2) is 6.13. The number of aromatic carboxylic acids is 1. The van der Waals surface area contributed by atoms with Crippen LogP contribution in [0.2, 0.25) is 0 Å². The summed E-state index contributed by atoms with van der Waals surface area (Å²) < 4.78 is 1.53. The van der Waals surface area contributed by atoms with Crippen molar-refractivity contribution in [2.75, 3.05) is 31.6 Å². The van der Waals surface area contributed by atoms with Crippen molar-refractivity contribution in [1.29, 1.82) is 0 Å². The van der Waals surface area contributed by atoms with E-state index in [0.717, 1.165) is 0 Å². The Balaban J connectivity index is 2.29. The Morgan fingerprint density at radius 2 is 2.05 bits per heavy atom. The van der Waals surface area contributed by atoms with E-state index in [1.165, 1.54) is 15.7 Å². The van der Waals surface area contributed by atoms with Gasteiger partial charge in [0.1, 0.15) is 0 Å². The molecule has 0 saturated carbocycles. The van der Waals surface area contributed by atoms with Gasteiger partial charge in [0, 0.05) is 31.7 Å². The number of thiazole rings is 1. The Labute approximate surface area is 126 Å². The summed E-state index contributed by atoms with van der Waals surface area (Å²) in [5.74, 6) is -0.789. The number of rotatable bonds is 6. The number of likely N-dealkylation sites (N-methyl/N-ethyl adjacent to an activating group) is 2. The lowest BCUT2D eigenvalue weighted by molar-refractivity contribution is -0.129. The molecule has 0 unspecified atom stereocenters. The zero-order chi connectivity index (χ0) is 15.6. The molecule has 0 spiro atoms. The summed E-state index contributed by atoms with van der Waals surface area (Å²) in [6.07, 6.45) is 1.67. The van der Waals surface area contributed by atoms with Crippen molar-refractivity contribution in [1.82, 2.24) is 14.3 Å². The Kier molecular flexibility index (Phi) is 4.46. The number of anilines is 1. The van der Waals surface area contributed by atoms with E-state index in [0.29, 0.717) is 23.9 Å². The zero-order valence-electron chi connectivity index (χ0n) is 12.2. The van der Waals surface area contributed by atoms with Crippen LogP contribution < -0.4 is 4.90 Å². The molecule has 2 heterocycles. The molecule has 2 aromatic rings. The first-order valence-electron chi connectivity index (χ1n) is 6.67. The van der Waals surface area contributed by atoms with Crippen LogP contribution in [0.4, 0.5) is 5.82 Å². The third-order valence-electron chi connectivity index (χ3n) is 3.30. The lowest BCUT2D eigenvalue weighted by atomic mass is 10.3. The van der Waals surface area contributed by atoms with Crippen LogP contribution in [0.5, 0.6) is 0 Å². The second-order valence-electron chi connectivity index (χ2n) is 4.57. The Morgan fingerprint density at radius 3 is 2.62 bits per heavy atom. The van der Waals surface area contributed by atoms with Gasteiger partial charge >= 0.3 is 5.97 Å². The molecular formula is C13H18N4O3S. The van der Waals surface area contributed by atoms with Crippen molar-refractivity contribution in [2.24, 2.45) is 0 Å². The minimum absolute atomic E-state index is 0.0461. The highest BCUT2D eigenvalue weighted by Crippen LogP contribution is 2.24. The lowest BCUT2D eigenvalue weighted by Crippen LogP contribution is -2.39. The summed E-state index contributed by atoms with van der Waals surface area (Å²) in [5.41, 5.74) is 0.0843. The van der Waals surface area contributed by atoms with Gasteiger partial charge in [0.15, 0.2) is 16.5 Å². The molecule has 0 atom stereocenters. The molecule has 0 aromatic carbocycles. The van der Waals surface area contributed by atoms with E-state index in [9.17, 15) is 14.7 Å². The van der Waals surface area contributed by atoms with Crippen LogP contribution in [-0.2, 0) is 4.79 Å². The van der Waals surface area contributed by atoms with Crippen molar-refractivity contribution in [2.45, 2.75) is 13.8 Å². The topological polar surface area (TPSA) is 78.2 Å². The summed E-state index contributed by atoms with van der Waals surface area (Å²) in [6.45, 7) is 5.20. The number of carboxylic acids is 1. The van der Waals surface area contributed by atoms with Gasteiger partial charge in [-0.25, -0.2) is 9.78 Å². The van der Waals surface area contributed by atoms with Crippen molar-refractivity contribution < 1.29 is 14.7 Å². The number of hydrogen-bond acceptors (Lipinski definition) is 5. The zero-order valence-corrected chi connectivity index (χ0v) is 13.1. The van der Waals surface area contributed by atoms with Gasteiger partial charge in [-0.3, -0.25) is 9.20 Å². The maximum atomic E-state index is 12.1. The second-order valence-corrected chi connectivity index (χ2v) is 5.44. The number of carbonyl (C=O) groups excluding carboxylic acids is 1. The minimum atomic E-state index is -1.06. The Bertz CT molecular complexity index is 659. The van der Waals surface area contributed by atoms with E-state index in [2.05, 4.69) is 4.98 Å². The van der Waals surface area contributed by atoms with Gasteiger partial charge in [-0.2, -0.15) is 0 Å². The summed E-state index contributed by atoms with van der Waals surface area (Å²) in [6, 6.07) is 0. The third kappa shape index (κ3) is 2.85. The Hall–Kier alpha value is -2.09. The highest BCUT2D eigenvalue weighted by atomic mass is 32.1. The predicted molar refractivity (Wildman–Crippen MR) is 81.2 cm³/mol. The van der Waals surface area contributed by atoms with Crippen LogP contribution in [0, 0.1) is 0 Å². The number of aromatic nitrogens is 2. The number of amides is 1. The number of imidazole rings is 1. The van der Waals surface area contributed by atoms with E-state index in [4.69, 9.17) is 0 Å². The van der Waals surface area contributed by atoms with Gasteiger partial charge in [-0.15, -0.1) is 11.3 Å². The van der Waals surface area contributed by atoms with E-state index < -0.39 is 5.97 Å². The molecule has 0 aliphatic rings. The van der Waals surface area contributed by atoms with Gasteiger partial charge in [-0.1, -0.05) is 0 Å². The van der Waals surface area contributed by atoms with Crippen LogP contribution in [0.15, 0.2) is 11.6 Å². The maximum Gasteiger partial charge on any atom is 0.356 e. The van der Waals surface area contributed by atoms with Crippen molar-refractivity contribution in [3.05, 3.63) is 17.3 Å². The van der Waals surface area contributed by atoms with Gasteiger partial charge in [0.2, 0.25) is 5.91 Å². The van der Waals surface area contributed by atoms with Crippen LogP contribution >= 0.6 is 11.3 Å². The van der Waals surface area contributed by atoms with E-state index >= 15 is 0 Å². The molecule has 1 amide bonds. The predicted octanol–water partition coefficient (Wildman–Crippen LogP) is 1.40. The van der Waals surface area contributed by atoms with Crippen molar-refractivity contribution in [3.63, 3.8) is 0 Å². The summed E-state index contributed by atoms with van der Waals surface area (Å²) in [4.78, 5) is 31.8. The fraction of sp³-hybridized carbons (Fsp3) is 0.462. The van der Waals surface area contributed by atoms with E-state index in [-0.39, 0.29) is 18.1 Å². The van der Waals surface area contributed by atoms with Crippen LogP contribution in [-0.4, -0.2) is 57.9 Å². The molecule has 114 valence electrons. The molecule has 0 saturated heterocycles. The van der Waals surface area contributed by atoms with Gasteiger partial charge in [-0.05, 0) is 13.8 Å². The smallest absolute Gasteiger partial charge is 0.356 e. The number of nitrogens with zero attached hydrogens (tertiary/aromatic N) is 4. The quantitative estimate of drug-likeness (QED) is 0.872. The standard InChI is InChI=1S/C13H18N4O3S/c1-4-16(5-2)9(18)8-15(3)11-10(12(19)20)17-6-7-21-13(17)14-11/h6-7H,4-5,8H2,1-3H3,(H,19,20). The number of carboxylic acid groups (broad SMARTS) is 1. The summed E-state index contributed by atoms with van der Waals surface area (Å²) >= 11 is 1.36. The fourth-order valence-corrected chi connectivity index (χ4v) is 2.90. The maximum absolute atomic E-state index is 12.1. The lowest BCUT2D eigenvalue weighted by Gasteiger charge is -2.23. The van der Waals surface area contributed by atoms with Gasteiger partial charge in [0.05, 0.1) is 6.54 Å². The SMILES string of the molecule is CCN(CC)C(=O)CN(C)c1nc2sccn2c1C(=O)O. The molecule has 7 nitrogen and oxygen atoms in total. The summed E-state index contributed by atoms with van der Waals surface area (Å²) in [5, 5.41) is 11.2. The monoisotopic (exact) mass is 310 g/mol. The van der Waals surface area contributed by atoms with Crippen LogP contribution in [0.25, 0.3) is 4.96 Å². The molecule has 8 heteroatoms. The number of carbonyl (C=O) groups is 2. The molecule has 0 aliphatic heterocycles. The summed E-state index contributed by atoms with van der Waals surface area (Å²) in [7, 11) is 1.68. The number of fused-ring (bicyclic) bond motifs is 1. The highest BCUT2D eigenvalue weighted by Gasteiger charge is 2.24. The first-order chi connectivity index (χ1) is 9.99. The Morgan fingerprint density at radius 1 is 1.38 bits per heavy atom. The van der Waals surface area contributed by atoms with Crippen molar-refractivity contribution >= 4 is 34.0 Å².